The Hall–Kier alpha value is -1.13. The van der Waals surface area contributed by atoms with Crippen molar-refractivity contribution in [2.75, 3.05) is 7.05 Å². The highest BCUT2D eigenvalue weighted by Gasteiger charge is 2.14. The zero-order valence-corrected chi connectivity index (χ0v) is 11.4. The third-order valence-corrected chi connectivity index (χ3v) is 3.82. The second kappa shape index (κ2) is 5.47. The minimum atomic E-state index is 0.893. The predicted octanol–water partition coefficient (Wildman–Crippen LogP) is 3.38. The van der Waals surface area contributed by atoms with Crippen molar-refractivity contribution < 1.29 is 4.42 Å². The van der Waals surface area contributed by atoms with Crippen LogP contribution in [0.25, 0.3) is 10.6 Å². The summed E-state index contributed by atoms with van der Waals surface area (Å²) >= 11 is 1.76. The standard InChI is InChI=1S/C13H18N2OS/c1-4-5-11-12(8-14-3)17-13(15-11)10-6-7-16-9(10)2/h6-7,14H,4-5,8H2,1-3H3. The number of hydrogen-bond acceptors (Lipinski definition) is 4. The summed E-state index contributed by atoms with van der Waals surface area (Å²) in [6, 6.07) is 1.99. The Morgan fingerprint density at radius 3 is 2.88 bits per heavy atom. The number of nitrogens with zero attached hydrogens (tertiary/aromatic N) is 1. The molecule has 2 aromatic rings. The first-order chi connectivity index (χ1) is 8.26. The molecule has 0 aliphatic heterocycles. The molecule has 0 bridgehead atoms. The Bertz CT molecular complexity index is 464. The quantitative estimate of drug-likeness (QED) is 0.884. The van der Waals surface area contributed by atoms with Gasteiger partial charge in [-0.3, -0.25) is 0 Å². The van der Waals surface area contributed by atoms with Gasteiger partial charge in [0, 0.05) is 11.4 Å². The lowest BCUT2D eigenvalue weighted by atomic mass is 10.2. The molecule has 4 heteroatoms. The van der Waals surface area contributed by atoms with Crippen molar-refractivity contribution in [3.8, 4) is 10.6 Å². The van der Waals surface area contributed by atoms with Crippen LogP contribution in [-0.4, -0.2) is 12.0 Å². The summed E-state index contributed by atoms with van der Waals surface area (Å²) in [5.41, 5.74) is 2.34. The minimum absolute atomic E-state index is 0.893. The van der Waals surface area contributed by atoms with E-state index in [-0.39, 0.29) is 0 Å². The van der Waals surface area contributed by atoms with Gasteiger partial charge in [-0.25, -0.2) is 4.98 Å². The van der Waals surface area contributed by atoms with Gasteiger partial charge in [-0.1, -0.05) is 13.3 Å². The van der Waals surface area contributed by atoms with Crippen molar-refractivity contribution in [3.63, 3.8) is 0 Å². The second-order valence-corrected chi connectivity index (χ2v) is 5.14. The van der Waals surface area contributed by atoms with Crippen molar-refractivity contribution in [3.05, 3.63) is 28.7 Å². The van der Waals surface area contributed by atoms with E-state index in [1.807, 2.05) is 20.0 Å². The molecular weight excluding hydrogens is 232 g/mol. The number of hydrogen-bond donors (Lipinski definition) is 1. The van der Waals surface area contributed by atoms with Crippen LogP contribution in [0.1, 0.15) is 29.7 Å². The van der Waals surface area contributed by atoms with Gasteiger partial charge in [-0.15, -0.1) is 11.3 Å². The highest BCUT2D eigenvalue weighted by Crippen LogP contribution is 2.31. The highest BCUT2D eigenvalue weighted by molar-refractivity contribution is 7.15. The van der Waals surface area contributed by atoms with Gasteiger partial charge in [0.25, 0.3) is 0 Å². The summed E-state index contributed by atoms with van der Waals surface area (Å²) in [5, 5.41) is 4.28. The smallest absolute Gasteiger partial charge is 0.127 e. The molecule has 0 saturated heterocycles. The zero-order valence-electron chi connectivity index (χ0n) is 10.5. The van der Waals surface area contributed by atoms with Crippen LogP contribution in [0, 0.1) is 6.92 Å². The normalized spacial score (nSPS) is 11.0. The minimum Gasteiger partial charge on any atom is -0.469 e. The molecule has 0 fully saturated rings. The lowest BCUT2D eigenvalue weighted by Crippen LogP contribution is -2.05. The van der Waals surface area contributed by atoms with Gasteiger partial charge in [0.1, 0.15) is 10.8 Å². The van der Waals surface area contributed by atoms with Gasteiger partial charge in [-0.2, -0.15) is 0 Å². The Morgan fingerprint density at radius 1 is 1.47 bits per heavy atom. The van der Waals surface area contributed by atoms with Crippen molar-refractivity contribution in [2.24, 2.45) is 0 Å². The molecule has 92 valence electrons. The summed E-state index contributed by atoms with van der Waals surface area (Å²) in [6.07, 6.45) is 3.90. The van der Waals surface area contributed by atoms with Crippen LogP contribution < -0.4 is 5.32 Å². The average Bonchev–Trinajstić information content (AvgIpc) is 2.87. The van der Waals surface area contributed by atoms with E-state index in [0.29, 0.717) is 0 Å². The molecule has 0 aliphatic rings. The van der Waals surface area contributed by atoms with Crippen molar-refractivity contribution in [1.82, 2.24) is 10.3 Å². The first kappa shape index (κ1) is 12.3. The number of aromatic nitrogens is 1. The number of rotatable bonds is 5. The predicted molar refractivity (Wildman–Crippen MR) is 71.3 cm³/mol. The van der Waals surface area contributed by atoms with Gasteiger partial charge >= 0.3 is 0 Å². The third-order valence-electron chi connectivity index (χ3n) is 2.69. The summed E-state index contributed by atoms with van der Waals surface area (Å²) in [7, 11) is 1.97. The van der Waals surface area contributed by atoms with Crippen LogP contribution in [-0.2, 0) is 13.0 Å². The maximum Gasteiger partial charge on any atom is 0.127 e. The second-order valence-electron chi connectivity index (χ2n) is 4.06. The van der Waals surface area contributed by atoms with Crippen LogP contribution >= 0.6 is 11.3 Å². The number of nitrogens with one attached hydrogen (secondary N) is 1. The fraction of sp³-hybridized carbons (Fsp3) is 0.462. The molecule has 0 atom stereocenters. The van der Waals surface area contributed by atoms with E-state index in [0.717, 1.165) is 35.7 Å². The first-order valence-corrected chi connectivity index (χ1v) is 6.75. The first-order valence-electron chi connectivity index (χ1n) is 5.94. The topological polar surface area (TPSA) is 38.1 Å². The molecule has 0 radical (unpaired) electrons. The molecule has 17 heavy (non-hydrogen) atoms. The zero-order chi connectivity index (χ0) is 12.3. The lowest BCUT2D eigenvalue weighted by Gasteiger charge is -1.98. The summed E-state index contributed by atoms with van der Waals surface area (Å²) in [5.74, 6) is 0.942. The lowest BCUT2D eigenvalue weighted by molar-refractivity contribution is 0.535. The monoisotopic (exact) mass is 250 g/mol. The maximum absolute atomic E-state index is 5.34. The molecule has 3 nitrogen and oxygen atoms in total. The number of aryl methyl sites for hydroxylation is 2. The molecular formula is C13H18N2OS. The fourth-order valence-corrected chi connectivity index (χ4v) is 3.03. The number of thiazole rings is 1. The van der Waals surface area contributed by atoms with Crippen LogP contribution in [0.3, 0.4) is 0 Å². The van der Waals surface area contributed by atoms with E-state index in [4.69, 9.17) is 9.40 Å². The van der Waals surface area contributed by atoms with Gasteiger partial charge in [0.15, 0.2) is 0 Å². The Labute approximate surface area is 106 Å². The van der Waals surface area contributed by atoms with E-state index >= 15 is 0 Å². The highest BCUT2D eigenvalue weighted by atomic mass is 32.1. The van der Waals surface area contributed by atoms with Crippen molar-refractivity contribution >= 4 is 11.3 Å². The van der Waals surface area contributed by atoms with Gasteiger partial charge in [0.05, 0.1) is 17.5 Å². The van der Waals surface area contributed by atoms with Crippen LogP contribution in [0.4, 0.5) is 0 Å². The van der Waals surface area contributed by atoms with Crippen LogP contribution in [0.2, 0.25) is 0 Å². The van der Waals surface area contributed by atoms with Crippen molar-refractivity contribution in [2.45, 2.75) is 33.2 Å². The molecule has 2 heterocycles. The third kappa shape index (κ3) is 2.58. The molecule has 2 aromatic heterocycles. The summed E-state index contributed by atoms with van der Waals surface area (Å²) < 4.78 is 5.34. The molecule has 0 spiro atoms. The molecule has 0 aliphatic carbocycles. The Morgan fingerprint density at radius 2 is 2.29 bits per heavy atom. The molecule has 0 aromatic carbocycles. The Kier molecular flexibility index (Phi) is 3.97. The van der Waals surface area contributed by atoms with E-state index in [2.05, 4.69) is 12.2 Å². The molecule has 0 amide bonds. The van der Waals surface area contributed by atoms with E-state index < -0.39 is 0 Å². The molecule has 0 saturated carbocycles. The number of furan rings is 1. The van der Waals surface area contributed by atoms with Gasteiger partial charge in [-0.05, 0) is 26.5 Å². The SMILES string of the molecule is CCCc1nc(-c2ccoc2C)sc1CNC. The fourth-order valence-electron chi connectivity index (χ4n) is 1.84. The van der Waals surface area contributed by atoms with Crippen LogP contribution in [0.5, 0.6) is 0 Å². The van der Waals surface area contributed by atoms with E-state index in [1.54, 1.807) is 17.6 Å². The van der Waals surface area contributed by atoms with Gasteiger partial charge in [0.2, 0.25) is 0 Å². The molecule has 1 N–H and O–H groups in total. The summed E-state index contributed by atoms with van der Waals surface area (Å²) in [4.78, 5) is 6.08. The van der Waals surface area contributed by atoms with Crippen LogP contribution in [0.15, 0.2) is 16.7 Å². The average molecular weight is 250 g/mol. The maximum atomic E-state index is 5.34. The largest absolute Gasteiger partial charge is 0.469 e. The molecule has 0 unspecified atom stereocenters. The van der Waals surface area contributed by atoms with Gasteiger partial charge < -0.3 is 9.73 Å². The Balaban J connectivity index is 2.36. The van der Waals surface area contributed by atoms with E-state index in [1.165, 1.54) is 10.6 Å². The summed E-state index contributed by atoms with van der Waals surface area (Å²) in [6.45, 7) is 5.06. The van der Waals surface area contributed by atoms with E-state index in [9.17, 15) is 0 Å². The molecule has 2 rings (SSSR count). The van der Waals surface area contributed by atoms with Crippen molar-refractivity contribution in [1.29, 1.82) is 0 Å².